The second kappa shape index (κ2) is 9.61. The summed E-state index contributed by atoms with van der Waals surface area (Å²) >= 11 is 1.98. The lowest BCUT2D eigenvalue weighted by atomic mass is 10.0. The molecule has 0 spiro atoms. The van der Waals surface area contributed by atoms with Gasteiger partial charge >= 0.3 is 0 Å². The topological polar surface area (TPSA) is 77.1 Å². The van der Waals surface area contributed by atoms with Crippen LogP contribution in [0.15, 0.2) is 42.7 Å². The van der Waals surface area contributed by atoms with E-state index in [0.29, 0.717) is 5.92 Å². The number of aliphatic hydroxyl groups is 1. The molecule has 1 fully saturated rings. The molecule has 0 radical (unpaired) electrons. The summed E-state index contributed by atoms with van der Waals surface area (Å²) in [6.45, 7) is 2.49. The molecule has 154 valence electrons. The molecule has 1 aliphatic rings. The van der Waals surface area contributed by atoms with Gasteiger partial charge < -0.3 is 15.4 Å². The maximum atomic E-state index is 10.5. The largest absolute Gasteiger partial charge is 0.391 e. The van der Waals surface area contributed by atoms with Gasteiger partial charge in [-0.1, -0.05) is 30.3 Å². The first kappa shape index (κ1) is 20.2. The highest BCUT2D eigenvalue weighted by Gasteiger charge is 2.30. The molecule has 1 saturated heterocycles. The average molecular weight is 412 g/mol. The molecular weight excluding hydrogens is 382 g/mol. The van der Waals surface area contributed by atoms with E-state index in [0.717, 1.165) is 66.5 Å². The van der Waals surface area contributed by atoms with Crippen LogP contribution in [-0.2, 0) is 12.3 Å². The molecule has 0 amide bonds. The number of aromatic amines is 1. The summed E-state index contributed by atoms with van der Waals surface area (Å²) in [5.74, 6) is 3.39. The molecule has 1 aliphatic heterocycles. The minimum atomic E-state index is -0.230. The first-order valence-electron chi connectivity index (χ1n) is 10.3. The van der Waals surface area contributed by atoms with E-state index >= 15 is 0 Å². The van der Waals surface area contributed by atoms with Gasteiger partial charge in [0.2, 0.25) is 0 Å². The van der Waals surface area contributed by atoms with Crippen LogP contribution in [0.5, 0.6) is 0 Å². The lowest BCUT2D eigenvalue weighted by Crippen LogP contribution is -2.21. The molecule has 0 saturated carbocycles. The van der Waals surface area contributed by atoms with Gasteiger partial charge in [0.15, 0.2) is 5.82 Å². The fourth-order valence-corrected chi connectivity index (χ4v) is 5.02. The third kappa shape index (κ3) is 5.10. The minimum Gasteiger partial charge on any atom is -0.391 e. The molecule has 6 nitrogen and oxygen atoms in total. The van der Waals surface area contributed by atoms with E-state index < -0.39 is 0 Å². The van der Waals surface area contributed by atoms with Gasteiger partial charge in [0, 0.05) is 38.1 Å². The van der Waals surface area contributed by atoms with Gasteiger partial charge in [-0.05, 0) is 36.1 Å². The lowest BCUT2D eigenvalue weighted by Gasteiger charge is -2.14. The first-order valence-corrected chi connectivity index (χ1v) is 11.4. The molecule has 7 heteroatoms. The monoisotopic (exact) mass is 411 g/mol. The Kier molecular flexibility index (Phi) is 6.69. The second-order valence-corrected chi connectivity index (χ2v) is 8.83. The van der Waals surface area contributed by atoms with Crippen molar-refractivity contribution < 1.29 is 5.11 Å². The highest BCUT2D eigenvalue weighted by molar-refractivity contribution is 7.98. The van der Waals surface area contributed by atoms with Gasteiger partial charge in [0.1, 0.15) is 11.8 Å². The molecule has 3 aromatic rings. The molecule has 4 rings (SSSR count). The van der Waals surface area contributed by atoms with Crippen molar-refractivity contribution in [1.82, 2.24) is 19.9 Å². The molecule has 0 bridgehead atoms. The SMILES string of the molecule is CNc1ncnc2cc(CN3CC(O)C(CCCSCc4ccccc4)C3)[nH]c12. The number of aliphatic hydroxyl groups excluding tert-OH is 1. The van der Waals surface area contributed by atoms with Crippen molar-refractivity contribution in [2.75, 3.05) is 31.2 Å². The van der Waals surface area contributed by atoms with Crippen molar-refractivity contribution in [3.05, 3.63) is 54.0 Å². The molecule has 29 heavy (non-hydrogen) atoms. The Hall–Kier alpha value is -2.09. The van der Waals surface area contributed by atoms with Gasteiger partial charge in [-0.3, -0.25) is 4.90 Å². The lowest BCUT2D eigenvalue weighted by molar-refractivity contribution is 0.137. The summed E-state index contributed by atoms with van der Waals surface area (Å²) in [6, 6.07) is 12.7. The molecular formula is C22H29N5OS. The van der Waals surface area contributed by atoms with E-state index in [4.69, 9.17) is 0 Å². The fourth-order valence-electron chi connectivity index (χ4n) is 4.08. The summed E-state index contributed by atoms with van der Waals surface area (Å²) in [5.41, 5.74) is 4.36. The zero-order chi connectivity index (χ0) is 20.1. The molecule has 0 aliphatic carbocycles. The van der Waals surface area contributed by atoms with E-state index in [1.807, 2.05) is 18.8 Å². The predicted molar refractivity (Wildman–Crippen MR) is 120 cm³/mol. The number of rotatable bonds is 9. The molecule has 2 aromatic heterocycles. The Balaban J connectivity index is 1.23. The number of H-pyrrole nitrogens is 1. The third-order valence-electron chi connectivity index (χ3n) is 5.56. The van der Waals surface area contributed by atoms with Crippen molar-refractivity contribution in [1.29, 1.82) is 0 Å². The van der Waals surface area contributed by atoms with Crippen LogP contribution in [0.25, 0.3) is 11.0 Å². The zero-order valence-corrected chi connectivity index (χ0v) is 17.7. The second-order valence-electron chi connectivity index (χ2n) is 7.73. The number of nitrogens with one attached hydrogen (secondary N) is 2. The van der Waals surface area contributed by atoms with Crippen LogP contribution in [0.3, 0.4) is 0 Å². The molecule has 2 atom stereocenters. The standard InChI is InChI=1S/C22H29N5OS/c1-23-22-21-19(24-15-25-22)10-18(26-21)12-27-11-17(20(28)13-27)8-5-9-29-14-16-6-3-2-4-7-16/h2-4,6-7,10,15,17,20,26,28H,5,8-9,11-14H2,1H3,(H,23,24,25). The van der Waals surface area contributed by atoms with Crippen LogP contribution in [0.4, 0.5) is 5.82 Å². The van der Waals surface area contributed by atoms with Crippen molar-refractivity contribution >= 4 is 28.6 Å². The summed E-state index contributed by atoms with van der Waals surface area (Å²) in [5, 5.41) is 13.6. The zero-order valence-electron chi connectivity index (χ0n) is 16.8. The van der Waals surface area contributed by atoms with E-state index in [1.165, 1.54) is 5.56 Å². The third-order valence-corrected chi connectivity index (χ3v) is 6.68. The predicted octanol–water partition coefficient (Wildman–Crippen LogP) is 3.51. The minimum absolute atomic E-state index is 0.230. The Bertz CT molecular complexity index is 916. The Labute approximate surface area is 176 Å². The van der Waals surface area contributed by atoms with Crippen LogP contribution in [0.2, 0.25) is 0 Å². The van der Waals surface area contributed by atoms with Crippen LogP contribution in [0, 0.1) is 5.92 Å². The number of hydrogen-bond acceptors (Lipinski definition) is 6. The van der Waals surface area contributed by atoms with E-state index in [9.17, 15) is 5.11 Å². The first-order chi connectivity index (χ1) is 14.2. The number of hydrogen-bond donors (Lipinski definition) is 3. The van der Waals surface area contributed by atoms with E-state index in [-0.39, 0.29) is 6.10 Å². The highest BCUT2D eigenvalue weighted by atomic mass is 32.2. The van der Waals surface area contributed by atoms with Gasteiger partial charge in [-0.25, -0.2) is 9.97 Å². The van der Waals surface area contributed by atoms with Crippen molar-refractivity contribution in [2.45, 2.75) is 31.2 Å². The highest BCUT2D eigenvalue weighted by Crippen LogP contribution is 2.26. The van der Waals surface area contributed by atoms with Crippen LogP contribution in [0.1, 0.15) is 24.1 Å². The average Bonchev–Trinajstić information content (AvgIpc) is 3.30. The Morgan fingerprint density at radius 2 is 2.10 bits per heavy atom. The molecule has 3 heterocycles. The Morgan fingerprint density at radius 1 is 1.24 bits per heavy atom. The summed E-state index contributed by atoms with van der Waals surface area (Å²) < 4.78 is 0. The van der Waals surface area contributed by atoms with E-state index in [2.05, 4.69) is 61.6 Å². The number of aromatic nitrogens is 3. The molecule has 3 N–H and O–H groups in total. The number of anilines is 1. The number of thioether (sulfide) groups is 1. The number of benzene rings is 1. The number of likely N-dealkylation sites (tertiary alicyclic amines) is 1. The van der Waals surface area contributed by atoms with Gasteiger partial charge in [0.25, 0.3) is 0 Å². The maximum Gasteiger partial charge on any atom is 0.153 e. The van der Waals surface area contributed by atoms with Crippen molar-refractivity contribution in [2.24, 2.45) is 5.92 Å². The summed E-state index contributed by atoms with van der Waals surface area (Å²) in [4.78, 5) is 14.4. The summed E-state index contributed by atoms with van der Waals surface area (Å²) in [6.07, 6.45) is 3.59. The quantitative estimate of drug-likeness (QED) is 0.468. The maximum absolute atomic E-state index is 10.5. The van der Waals surface area contributed by atoms with E-state index in [1.54, 1.807) is 6.33 Å². The van der Waals surface area contributed by atoms with Crippen molar-refractivity contribution in [3.8, 4) is 0 Å². The Morgan fingerprint density at radius 3 is 2.93 bits per heavy atom. The smallest absolute Gasteiger partial charge is 0.153 e. The molecule has 1 aromatic carbocycles. The number of β-amino-alcohol motifs (C(OH)–C–C–N with tert-alkyl or cyclic N) is 1. The van der Waals surface area contributed by atoms with Gasteiger partial charge in [-0.15, -0.1) is 0 Å². The van der Waals surface area contributed by atoms with Gasteiger partial charge in [0.05, 0.1) is 11.6 Å². The normalized spacial score (nSPS) is 19.8. The molecule has 2 unspecified atom stereocenters. The number of fused-ring (bicyclic) bond motifs is 1. The van der Waals surface area contributed by atoms with Crippen molar-refractivity contribution in [3.63, 3.8) is 0 Å². The fraction of sp³-hybridized carbons (Fsp3) is 0.455. The van der Waals surface area contributed by atoms with Crippen LogP contribution < -0.4 is 5.32 Å². The number of nitrogens with zero attached hydrogens (tertiary/aromatic N) is 3. The summed E-state index contributed by atoms with van der Waals surface area (Å²) in [7, 11) is 1.86. The van der Waals surface area contributed by atoms with Crippen LogP contribution in [-0.4, -0.2) is 57.0 Å². The van der Waals surface area contributed by atoms with Crippen LogP contribution >= 0.6 is 11.8 Å². The van der Waals surface area contributed by atoms with Gasteiger partial charge in [-0.2, -0.15) is 11.8 Å².